The molecule has 3 amide bonds. The van der Waals surface area contributed by atoms with Crippen LogP contribution in [0.25, 0.3) is 11.1 Å². The van der Waals surface area contributed by atoms with E-state index < -0.39 is 0 Å². The van der Waals surface area contributed by atoms with E-state index in [0.29, 0.717) is 11.6 Å². The number of rotatable bonds is 5. The van der Waals surface area contributed by atoms with Crippen LogP contribution in [-0.2, 0) is 11.3 Å². The lowest BCUT2D eigenvalue weighted by Gasteiger charge is -2.18. The highest BCUT2D eigenvalue weighted by Gasteiger charge is 2.33. The quantitative estimate of drug-likeness (QED) is 0.737. The molecule has 0 bridgehead atoms. The first-order chi connectivity index (χ1) is 14.0. The Morgan fingerprint density at radius 1 is 1.17 bits per heavy atom. The average molecular weight is 412 g/mol. The predicted molar refractivity (Wildman–Crippen MR) is 112 cm³/mol. The molecule has 8 heteroatoms. The summed E-state index contributed by atoms with van der Waals surface area (Å²) in [6, 6.07) is 11.8. The summed E-state index contributed by atoms with van der Waals surface area (Å²) in [6.07, 6.45) is 2.57. The molecule has 2 aliphatic heterocycles. The molecule has 150 valence electrons. The number of nitrogens with one attached hydrogen (secondary N) is 2. The highest BCUT2D eigenvalue weighted by Crippen LogP contribution is 2.43. The number of hydrazine groups is 2. The van der Waals surface area contributed by atoms with Crippen LogP contribution in [0.4, 0.5) is 16.2 Å². The monoisotopic (exact) mass is 411 g/mol. The zero-order valence-corrected chi connectivity index (χ0v) is 16.9. The van der Waals surface area contributed by atoms with Crippen LogP contribution in [0, 0.1) is 5.92 Å². The summed E-state index contributed by atoms with van der Waals surface area (Å²) in [6.45, 7) is 1.48. The van der Waals surface area contributed by atoms with E-state index in [2.05, 4.69) is 22.0 Å². The predicted octanol–water partition coefficient (Wildman–Crippen LogP) is 3.46. The number of likely N-dealkylation sites (N-methyl/N-ethyl adjacent to an activating group) is 1. The minimum atomic E-state index is -0.262. The van der Waals surface area contributed by atoms with Gasteiger partial charge in [0.1, 0.15) is 6.54 Å². The summed E-state index contributed by atoms with van der Waals surface area (Å²) in [5.74, 6) is 0.576. The highest BCUT2D eigenvalue weighted by molar-refractivity contribution is 6.37. The van der Waals surface area contributed by atoms with Crippen molar-refractivity contribution in [1.82, 2.24) is 15.3 Å². The fraction of sp³-hybridized carbons (Fsp3) is 0.333. The molecular formula is C21H22ClN5O2. The smallest absolute Gasteiger partial charge is 0.311 e. The number of urea groups is 1. The number of hydrogen-bond acceptors (Lipinski definition) is 5. The Labute approximate surface area is 174 Å². The van der Waals surface area contributed by atoms with Crippen LogP contribution in [0.5, 0.6) is 0 Å². The molecule has 0 spiro atoms. The van der Waals surface area contributed by atoms with Crippen molar-refractivity contribution in [3.63, 3.8) is 0 Å². The Bertz CT molecular complexity index is 1010. The van der Waals surface area contributed by atoms with Crippen molar-refractivity contribution in [2.45, 2.75) is 19.4 Å². The normalized spacial score (nSPS) is 18.5. The molecule has 1 aliphatic carbocycles. The summed E-state index contributed by atoms with van der Waals surface area (Å²) in [5.41, 5.74) is 11.2. The number of carbonyl (C=O) groups excluding carboxylic acids is 2. The van der Waals surface area contributed by atoms with Gasteiger partial charge in [-0.15, -0.1) is 5.53 Å². The van der Waals surface area contributed by atoms with Gasteiger partial charge in [0.05, 0.1) is 16.4 Å². The van der Waals surface area contributed by atoms with Crippen LogP contribution in [-0.4, -0.2) is 41.9 Å². The number of anilines is 2. The van der Waals surface area contributed by atoms with Gasteiger partial charge in [0.2, 0.25) is 5.91 Å². The summed E-state index contributed by atoms with van der Waals surface area (Å²) in [7, 11) is 1.51. The van der Waals surface area contributed by atoms with Gasteiger partial charge in [-0.1, -0.05) is 35.9 Å². The number of benzene rings is 2. The van der Waals surface area contributed by atoms with E-state index >= 15 is 0 Å². The molecule has 0 atom stereocenters. The van der Waals surface area contributed by atoms with E-state index in [4.69, 9.17) is 11.6 Å². The summed E-state index contributed by atoms with van der Waals surface area (Å²) in [4.78, 5) is 26.6. The highest BCUT2D eigenvalue weighted by atomic mass is 35.5. The topological polar surface area (TPSA) is 67.9 Å². The van der Waals surface area contributed by atoms with Crippen LogP contribution in [0.2, 0.25) is 5.02 Å². The third kappa shape index (κ3) is 3.30. The second-order valence-corrected chi connectivity index (χ2v) is 8.28. The molecule has 3 aliphatic rings. The van der Waals surface area contributed by atoms with Gasteiger partial charge in [-0.25, -0.2) is 4.79 Å². The van der Waals surface area contributed by atoms with Crippen LogP contribution in [0.3, 0.4) is 0 Å². The molecule has 1 saturated carbocycles. The molecule has 2 N–H and O–H groups in total. The standard InChI is InChI=1S/C21H22ClN5O2/c1-25-18(28)12-26(21(25)29)10-14-3-2-4-15(9-14)16-7-8-17-20(19(16)22)23-24-27(17)11-13-5-6-13/h2-4,7-9,13,23-24H,5-6,10-12H2,1H3. The van der Waals surface area contributed by atoms with E-state index in [9.17, 15) is 9.59 Å². The van der Waals surface area contributed by atoms with Crippen molar-refractivity contribution in [2.75, 3.05) is 30.6 Å². The zero-order chi connectivity index (χ0) is 20.1. The van der Waals surface area contributed by atoms with Gasteiger partial charge in [-0.05, 0) is 42.0 Å². The first-order valence-corrected chi connectivity index (χ1v) is 10.2. The fourth-order valence-corrected chi connectivity index (χ4v) is 4.17. The number of amides is 3. The SMILES string of the molecule is CN1C(=O)CN(Cc2cccc(-c3ccc4c(c3Cl)NNN4CC3CC3)c2)C1=O. The number of halogens is 1. The number of hydrogen-bond donors (Lipinski definition) is 2. The van der Waals surface area contributed by atoms with E-state index in [1.54, 1.807) is 4.90 Å². The van der Waals surface area contributed by atoms with Gasteiger partial charge < -0.3 is 10.3 Å². The zero-order valence-electron chi connectivity index (χ0n) is 16.1. The molecule has 29 heavy (non-hydrogen) atoms. The van der Waals surface area contributed by atoms with Crippen molar-refractivity contribution in [3.8, 4) is 11.1 Å². The van der Waals surface area contributed by atoms with Gasteiger partial charge in [0, 0.05) is 25.7 Å². The van der Waals surface area contributed by atoms with Crippen LogP contribution >= 0.6 is 11.6 Å². The Balaban J connectivity index is 1.40. The first-order valence-electron chi connectivity index (χ1n) is 9.78. The lowest BCUT2D eigenvalue weighted by atomic mass is 10.0. The molecule has 2 fully saturated rings. The third-order valence-electron chi connectivity index (χ3n) is 5.73. The maximum atomic E-state index is 12.2. The number of imide groups is 1. The Morgan fingerprint density at radius 2 is 2.00 bits per heavy atom. The second kappa shape index (κ2) is 6.93. The maximum Gasteiger partial charge on any atom is 0.327 e. The second-order valence-electron chi connectivity index (χ2n) is 7.90. The van der Waals surface area contributed by atoms with Gasteiger partial charge in [-0.3, -0.25) is 14.7 Å². The van der Waals surface area contributed by atoms with Crippen LogP contribution < -0.4 is 16.0 Å². The molecule has 0 aromatic heterocycles. The summed E-state index contributed by atoms with van der Waals surface area (Å²) >= 11 is 6.75. The molecular weight excluding hydrogens is 390 g/mol. The number of fused-ring (bicyclic) bond motifs is 1. The van der Waals surface area contributed by atoms with E-state index in [-0.39, 0.29) is 18.5 Å². The van der Waals surface area contributed by atoms with E-state index in [0.717, 1.165) is 45.4 Å². The first kappa shape index (κ1) is 18.3. The van der Waals surface area contributed by atoms with Crippen molar-refractivity contribution < 1.29 is 9.59 Å². The van der Waals surface area contributed by atoms with Gasteiger partial charge in [-0.2, -0.15) is 0 Å². The van der Waals surface area contributed by atoms with Gasteiger partial charge in [0.15, 0.2) is 0 Å². The van der Waals surface area contributed by atoms with E-state index in [1.165, 1.54) is 19.9 Å². The van der Waals surface area contributed by atoms with Gasteiger partial charge >= 0.3 is 6.03 Å². The molecule has 2 heterocycles. The van der Waals surface area contributed by atoms with Crippen LogP contribution in [0.15, 0.2) is 36.4 Å². The molecule has 2 aromatic carbocycles. The molecule has 7 nitrogen and oxygen atoms in total. The largest absolute Gasteiger partial charge is 0.327 e. The third-order valence-corrected chi connectivity index (χ3v) is 6.13. The van der Waals surface area contributed by atoms with Crippen molar-refractivity contribution >= 4 is 34.9 Å². The average Bonchev–Trinajstić information content (AvgIpc) is 3.39. The minimum Gasteiger partial charge on any atom is -0.311 e. The molecule has 0 unspecified atom stereocenters. The number of carbonyl (C=O) groups is 2. The molecule has 5 rings (SSSR count). The molecule has 0 radical (unpaired) electrons. The molecule has 1 saturated heterocycles. The van der Waals surface area contributed by atoms with Crippen LogP contribution in [0.1, 0.15) is 18.4 Å². The Hall–Kier alpha value is -2.77. The van der Waals surface area contributed by atoms with Crippen molar-refractivity contribution in [1.29, 1.82) is 0 Å². The van der Waals surface area contributed by atoms with Crippen molar-refractivity contribution in [3.05, 3.63) is 47.0 Å². The van der Waals surface area contributed by atoms with Gasteiger partial charge in [0.25, 0.3) is 0 Å². The Kier molecular flexibility index (Phi) is 4.37. The number of nitrogens with zero attached hydrogens (tertiary/aromatic N) is 3. The maximum absolute atomic E-state index is 12.2. The fourth-order valence-electron chi connectivity index (χ4n) is 3.86. The Morgan fingerprint density at radius 3 is 2.72 bits per heavy atom. The van der Waals surface area contributed by atoms with E-state index in [1.807, 2.05) is 30.3 Å². The lowest BCUT2D eigenvalue weighted by Crippen LogP contribution is -2.37. The summed E-state index contributed by atoms with van der Waals surface area (Å²) < 4.78 is 0. The minimum absolute atomic E-state index is 0.117. The summed E-state index contributed by atoms with van der Waals surface area (Å²) in [5, 5.41) is 2.78. The van der Waals surface area contributed by atoms with Crippen molar-refractivity contribution in [2.24, 2.45) is 5.92 Å². The lowest BCUT2D eigenvalue weighted by molar-refractivity contribution is -0.124. The molecule has 2 aromatic rings.